The van der Waals surface area contributed by atoms with E-state index in [4.69, 9.17) is 14.2 Å². The van der Waals surface area contributed by atoms with Crippen LogP contribution in [0.1, 0.15) is 48.0 Å². The molecule has 1 saturated heterocycles. The molecule has 0 aromatic heterocycles. The normalized spacial score (nSPS) is 15.5. The van der Waals surface area contributed by atoms with Gasteiger partial charge in [0, 0.05) is 38.1 Å². The van der Waals surface area contributed by atoms with Crippen LogP contribution in [0.25, 0.3) is 0 Å². The van der Waals surface area contributed by atoms with Crippen LogP contribution in [0, 0.1) is 0 Å². The van der Waals surface area contributed by atoms with Gasteiger partial charge in [0.15, 0.2) is 5.78 Å². The van der Waals surface area contributed by atoms with Crippen LogP contribution in [0.3, 0.4) is 0 Å². The first-order valence-electron chi connectivity index (χ1n) is 10.8. The minimum atomic E-state index is 0.0360. The van der Waals surface area contributed by atoms with E-state index in [0.717, 1.165) is 30.8 Å². The van der Waals surface area contributed by atoms with Gasteiger partial charge in [-0.1, -0.05) is 12.1 Å². The van der Waals surface area contributed by atoms with Crippen molar-refractivity contribution in [3.05, 3.63) is 59.7 Å². The van der Waals surface area contributed by atoms with Crippen molar-refractivity contribution in [3.63, 3.8) is 0 Å². The minimum Gasteiger partial charge on any atom is -0.497 e. The second kappa shape index (κ2) is 11.5. The van der Waals surface area contributed by atoms with Crippen LogP contribution in [-0.4, -0.2) is 50.1 Å². The molecule has 0 bridgehead atoms. The molecule has 0 radical (unpaired) electrons. The maximum Gasteiger partial charge on any atom is 0.222 e. The number of rotatable bonds is 11. The molecule has 1 heterocycles. The predicted molar refractivity (Wildman–Crippen MR) is 119 cm³/mol. The smallest absolute Gasteiger partial charge is 0.222 e. The zero-order valence-electron chi connectivity index (χ0n) is 18.3. The molecule has 2 aromatic rings. The first-order chi connectivity index (χ1) is 15.1. The summed E-state index contributed by atoms with van der Waals surface area (Å²) in [4.78, 5) is 27.3. The number of amides is 1. The molecular weight excluding hydrogens is 394 g/mol. The van der Waals surface area contributed by atoms with Crippen LogP contribution in [0.15, 0.2) is 48.5 Å². The van der Waals surface area contributed by atoms with Gasteiger partial charge in [-0.25, -0.2) is 0 Å². The van der Waals surface area contributed by atoms with E-state index in [1.54, 1.807) is 38.5 Å². The van der Waals surface area contributed by atoms with Crippen molar-refractivity contribution in [1.29, 1.82) is 0 Å². The van der Waals surface area contributed by atoms with Crippen LogP contribution in [-0.2, 0) is 16.1 Å². The lowest BCUT2D eigenvalue weighted by Crippen LogP contribution is -2.36. The summed E-state index contributed by atoms with van der Waals surface area (Å²) in [5.74, 6) is 1.57. The fraction of sp³-hybridized carbons (Fsp3) is 0.440. The van der Waals surface area contributed by atoms with Crippen LogP contribution in [0.2, 0.25) is 0 Å². The average Bonchev–Trinajstić information content (AvgIpc) is 3.32. The number of ether oxygens (including phenoxy) is 3. The Morgan fingerprint density at radius 3 is 2.48 bits per heavy atom. The SMILES string of the molecule is COc1ccc(C(=O)CCCC(=O)N(Cc2cccc(OC)c2)CC2CCCO2)cc1. The topological polar surface area (TPSA) is 65.1 Å². The molecule has 6 heteroatoms. The van der Waals surface area contributed by atoms with Gasteiger partial charge >= 0.3 is 0 Å². The van der Waals surface area contributed by atoms with Crippen molar-refractivity contribution in [2.24, 2.45) is 0 Å². The summed E-state index contributed by atoms with van der Waals surface area (Å²) in [6, 6.07) is 14.8. The molecule has 1 fully saturated rings. The van der Waals surface area contributed by atoms with E-state index in [2.05, 4.69) is 0 Å². The van der Waals surface area contributed by atoms with E-state index < -0.39 is 0 Å². The summed E-state index contributed by atoms with van der Waals surface area (Å²) in [5, 5.41) is 0. The maximum atomic E-state index is 13.0. The molecule has 2 aromatic carbocycles. The number of Topliss-reactive ketones (excluding diaryl/α,β-unsaturated/α-hetero) is 1. The highest BCUT2D eigenvalue weighted by atomic mass is 16.5. The quantitative estimate of drug-likeness (QED) is 0.503. The van der Waals surface area contributed by atoms with Crippen molar-refractivity contribution < 1.29 is 23.8 Å². The Bertz CT molecular complexity index is 858. The highest BCUT2D eigenvalue weighted by Gasteiger charge is 2.23. The Morgan fingerprint density at radius 2 is 1.81 bits per heavy atom. The minimum absolute atomic E-state index is 0.0360. The maximum absolute atomic E-state index is 13.0. The highest BCUT2D eigenvalue weighted by Crippen LogP contribution is 2.19. The zero-order chi connectivity index (χ0) is 22.1. The van der Waals surface area contributed by atoms with Crippen molar-refractivity contribution in [2.75, 3.05) is 27.4 Å². The Morgan fingerprint density at radius 1 is 1.03 bits per heavy atom. The van der Waals surface area contributed by atoms with Crippen molar-refractivity contribution in [3.8, 4) is 11.5 Å². The molecule has 31 heavy (non-hydrogen) atoms. The largest absolute Gasteiger partial charge is 0.497 e. The number of hydrogen-bond acceptors (Lipinski definition) is 5. The number of carbonyl (C=O) groups is 2. The molecule has 0 N–H and O–H groups in total. The summed E-state index contributed by atoms with van der Waals surface area (Å²) < 4.78 is 16.2. The zero-order valence-corrected chi connectivity index (χ0v) is 18.3. The van der Waals surface area contributed by atoms with E-state index in [9.17, 15) is 9.59 Å². The lowest BCUT2D eigenvalue weighted by Gasteiger charge is -2.26. The van der Waals surface area contributed by atoms with Gasteiger partial charge in [-0.3, -0.25) is 9.59 Å². The second-order valence-corrected chi connectivity index (χ2v) is 7.77. The number of carbonyl (C=O) groups excluding carboxylic acids is 2. The van der Waals surface area contributed by atoms with Crippen LogP contribution in [0.5, 0.6) is 11.5 Å². The third-order valence-corrected chi connectivity index (χ3v) is 5.51. The van der Waals surface area contributed by atoms with E-state index >= 15 is 0 Å². The van der Waals surface area contributed by atoms with Crippen molar-refractivity contribution in [2.45, 2.75) is 44.8 Å². The van der Waals surface area contributed by atoms with Gasteiger partial charge in [-0.05, 0) is 61.2 Å². The highest BCUT2D eigenvalue weighted by molar-refractivity contribution is 5.96. The Kier molecular flexibility index (Phi) is 8.47. The Labute approximate surface area is 184 Å². The summed E-state index contributed by atoms with van der Waals surface area (Å²) in [5.41, 5.74) is 1.65. The number of hydrogen-bond donors (Lipinski definition) is 0. The van der Waals surface area contributed by atoms with E-state index in [-0.39, 0.29) is 17.8 Å². The average molecular weight is 426 g/mol. The van der Waals surface area contributed by atoms with Gasteiger partial charge in [0.1, 0.15) is 11.5 Å². The van der Waals surface area contributed by atoms with Crippen molar-refractivity contribution >= 4 is 11.7 Å². The van der Waals surface area contributed by atoms with E-state index in [1.807, 2.05) is 29.2 Å². The second-order valence-electron chi connectivity index (χ2n) is 7.77. The third-order valence-electron chi connectivity index (χ3n) is 5.51. The lowest BCUT2D eigenvalue weighted by atomic mass is 10.0. The molecule has 1 amide bonds. The van der Waals surface area contributed by atoms with Crippen LogP contribution >= 0.6 is 0 Å². The van der Waals surface area contributed by atoms with E-state index in [1.165, 1.54) is 0 Å². The first-order valence-corrected chi connectivity index (χ1v) is 10.8. The Balaban J connectivity index is 1.57. The fourth-order valence-corrected chi connectivity index (χ4v) is 3.76. The van der Waals surface area contributed by atoms with Gasteiger partial charge < -0.3 is 19.1 Å². The molecule has 6 nitrogen and oxygen atoms in total. The third kappa shape index (κ3) is 6.82. The molecule has 3 rings (SSSR count). The standard InChI is InChI=1S/C25H31NO5/c1-29-21-13-11-20(12-14-21)24(27)9-4-10-25(28)26(18-23-8-5-15-31-23)17-19-6-3-7-22(16-19)30-2/h3,6-7,11-14,16,23H,4-5,8-10,15,17-18H2,1-2H3. The molecule has 1 aliphatic heterocycles. The summed E-state index contributed by atoms with van der Waals surface area (Å²) in [6.07, 6.45) is 3.27. The number of methoxy groups -OCH3 is 2. The first kappa shape index (κ1) is 22.8. The van der Waals surface area contributed by atoms with E-state index in [0.29, 0.717) is 43.7 Å². The molecule has 0 aliphatic carbocycles. The van der Waals surface area contributed by atoms with Gasteiger partial charge in [0.05, 0.1) is 20.3 Å². The number of nitrogens with zero attached hydrogens (tertiary/aromatic N) is 1. The molecule has 0 saturated carbocycles. The molecule has 1 atom stereocenters. The predicted octanol–water partition coefficient (Wildman–Crippen LogP) is 4.26. The molecule has 1 aliphatic rings. The number of ketones is 1. The van der Waals surface area contributed by atoms with Gasteiger partial charge in [-0.2, -0.15) is 0 Å². The van der Waals surface area contributed by atoms with Gasteiger partial charge in [-0.15, -0.1) is 0 Å². The summed E-state index contributed by atoms with van der Waals surface area (Å²) >= 11 is 0. The van der Waals surface area contributed by atoms with Crippen molar-refractivity contribution in [1.82, 2.24) is 4.90 Å². The Hall–Kier alpha value is -2.86. The molecule has 0 spiro atoms. The summed E-state index contributed by atoms with van der Waals surface area (Å²) in [6.45, 7) is 1.83. The molecule has 1 unspecified atom stereocenters. The van der Waals surface area contributed by atoms with Gasteiger partial charge in [0.25, 0.3) is 0 Å². The van der Waals surface area contributed by atoms with Crippen LogP contribution < -0.4 is 9.47 Å². The summed E-state index contributed by atoms with van der Waals surface area (Å²) in [7, 11) is 3.23. The monoisotopic (exact) mass is 425 g/mol. The fourth-order valence-electron chi connectivity index (χ4n) is 3.76. The molecular formula is C25H31NO5. The number of benzene rings is 2. The van der Waals surface area contributed by atoms with Crippen LogP contribution in [0.4, 0.5) is 0 Å². The van der Waals surface area contributed by atoms with Gasteiger partial charge in [0.2, 0.25) is 5.91 Å². The lowest BCUT2D eigenvalue weighted by molar-refractivity contribution is -0.133. The molecule has 166 valence electrons.